The van der Waals surface area contributed by atoms with Crippen molar-refractivity contribution in [3.63, 3.8) is 0 Å². The van der Waals surface area contributed by atoms with Crippen molar-refractivity contribution in [2.75, 3.05) is 25.0 Å². The molecule has 0 aromatic heterocycles. The Kier molecular flexibility index (Phi) is 3.85. The fourth-order valence-electron chi connectivity index (χ4n) is 4.08. The van der Waals surface area contributed by atoms with Gasteiger partial charge in [-0.05, 0) is 61.8 Å². The number of nitrogens with zero attached hydrogens (tertiary/aromatic N) is 1. The number of rotatable bonds is 2. The van der Waals surface area contributed by atoms with Crippen molar-refractivity contribution < 1.29 is 8.42 Å². The molecule has 1 unspecified atom stereocenters. The van der Waals surface area contributed by atoms with Gasteiger partial charge in [0.15, 0.2) is 0 Å². The lowest BCUT2D eigenvalue weighted by atomic mass is 9.91. The molecule has 2 atom stereocenters. The van der Waals surface area contributed by atoms with E-state index in [1.807, 2.05) is 18.2 Å². The molecule has 0 bridgehead atoms. The van der Waals surface area contributed by atoms with Crippen LogP contribution < -0.4 is 10.2 Å². The molecular weight excluding hydrogens is 320 g/mol. The molecule has 0 aliphatic carbocycles. The second-order valence-corrected chi connectivity index (χ2v) is 8.60. The van der Waals surface area contributed by atoms with E-state index in [-0.39, 0.29) is 0 Å². The van der Waals surface area contributed by atoms with Crippen LogP contribution in [0.3, 0.4) is 0 Å². The van der Waals surface area contributed by atoms with Gasteiger partial charge < -0.3 is 10.2 Å². The van der Waals surface area contributed by atoms with Crippen LogP contribution in [0.1, 0.15) is 24.3 Å². The highest BCUT2D eigenvalue weighted by atomic mass is 32.2. The van der Waals surface area contributed by atoms with E-state index in [0.717, 1.165) is 25.9 Å². The van der Waals surface area contributed by atoms with Gasteiger partial charge in [-0.15, -0.1) is 0 Å². The Morgan fingerprint density at radius 2 is 1.75 bits per heavy atom. The Morgan fingerprint density at radius 3 is 2.54 bits per heavy atom. The van der Waals surface area contributed by atoms with Gasteiger partial charge in [-0.1, -0.05) is 18.2 Å². The average molecular weight is 342 g/mol. The van der Waals surface area contributed by atoms with Gasteiger partial charge in [0.1, 0.15) is 0 Å². The van der Waals surface area contributed by atoms with Crippen molar-refractivity contribution in [1.29, 1.82) is 0 Å². The molecule has 4 rings (SSSR count). The number of hydrogen-bond donors (Lipinski definition) is 1. The molecule has 0 saturated carbocycles. The zero-order valence-electron chi connectivity index (χ0n) is 13.8. The van der Waals surface area contributed by atoms with E-state index in [1.165, 1.54) is 11.3 Å². The number of fused-ring (bicyclic) bond motifs is 3. The monoisotopic (exact) mass is 342 g/mol. The van der Waals surface area contributed by atoms with Gasteiger partial charge in [0.2, 0.25) is 9.84 Å². The van der Waals surface area contributed by atoms with Crippen LogP contribution in [-0.4, -0.2) is 34.6 Å². The van der Waals surface area contributed by atoms with Gasteiger partial charge >= 0.3 is 0 Å². The van der Waals surface area contributed by atoms with Gasteiger partial charge in [0, 0.05) is 24.7 Å². The summed E-state index contributed by atoms with van der Waals surface area (Å²) in [6, 6.07) is 14.8. The minimum Gasteiger partial charge on any atom is -0.371 e. The number of anilines is 1. The summed E-state index contributed by atoms with van der Waals surface area (Å²) in [4.78, 5) is 3.08. The Labute approximate surface area is 143 Å². The third kappa shape index (κ3) is 2.43. The zero-order valence-corrected chi connectivity index (χ0v) is 14.6. The molecule has 1 fully saturated rings. The maximum absolute atomic E-state index is 12.9. The number of likely N-dealkylation sites (N-methyl/N-ethyl adjacent to an activating group) is 1. The van der Waals surface area contributed by atoms with Crippen LogP contribution in [0.5, 0.6) is 0 Å². The SMILES string of the molecule is CN1c2ccc(S(=O)(=O)c3ccccc3)cc2C2CCNCC[C@H]21. The highest BCUT2D eigenvalue weighted by Crippen LogP contribution is 2.44. The smallest absolute Gasteiger partial charge is 0.206 e. The topological polar surface area (TPSA) is 49.4 Å². The molecule has 0 spiro atoms. The van der Waals surface area contributed by atoms with Crippen molar-refractivity contribution in [2.24, 2.45) is 0 Å². The van der Waals surface area contributed by atoms with E-state index < -0.39 is 9.84 Å². The first-order valence-electron chi connectivity index (χ1n) is 8.46. The lowest BCUT2D eigenvalue weighted by Crippen LogP contribution is -2.30. The molecule has 1 saturated heterocycles. The number of sulfone groups is 1. The maximum atomic E-state index is 12.9. The minimum atomic E-state index is -3.46. The van der Waals surface area contributed by atoms with Crippen LogP contribution in [0.25, 0.3) is 0 Å². The predicted octanol–water partition coefficient (Wildman–Crippen LogP) is 2.80. The Hall–Kier alpha value is -1.85. The minimum absolute atomic E-state index is 0.357. The molecule has 2 aliphatic heterocycles. The van der Waals surface area contributed by atoms with Gasteiger partial charge in [0.05, 0.1) is 9.79 Å². The molecule has 0 radical (unpaired) electrons. The van der Waals surface area contributed by atoms with E-state index in [9.17, 15) is 8.42 Å². The molecule has 2 heterocycles. The average Bonchev–Trinajstić information content (AvgIpc) is 2.78. The summed E-state index contributed by atoms with van der Waals surface area (Å²) < 4.78 is 25.8. The zero-order chi connectivity index (χ0) is 16.7. The molecule has 2 aromatic rings. The second-order valence-electron chi connectivity index (χ2n) is 6.65. The van der Waals surface area contributed by atoms with Crippen molar-refractivity contribution >= 4 is 15.5 Å². The van der Waals surface area contributed by atoms with Crippen molar-refractivity contribution in [3.8, 4) is 0 Å². The quantitative estimate of drug-likeness (QED) is 0.912. The maximum Gasteiger partial charge on any atom is 0.206 e. The molecule has 0 amide bonds. The molecule has 24 heavy (non-hydrogen) atoms. The van der Waals surface area contributed by atoms with Crippen molar-refractivity contribution in [2.45, 2.75) is 34.6 Å². The predicted molar refractivity (Wildman–Crippen MR) is 95.4 cm³/mol. The molecule has 5 heteroatoms. The van der Waals surface area contributed by atoms with Gasteiger partial charge in [-0.3, -0.25) is 0 Å². The Morgan fingerprint density at radius 1 is 1.00 bits per heavy atom. The Bertz CT molecular complexity index is 849. The largest absolute Gasteiger partial charge is 0.371 e. The highest BCUT2D eigenvalue weighted by molar-refractivity contribution is 7.91. The lowest BCUT2D eigenvalue weighted by molar-refractivity contribution is 0.531. The standard InChI is InChI=1S/C19H22N2O2S/c1-21-18-8-7-15(24(22,23)14-5-3-2-4-6-14)13-17(18)16-9-11-20-12-10-19(16)21/h2-8,13,16,19-20H,9-12H2,1H3/t16?,19-/m1/s1. The first-order chi connectivity index (χ1) is 11.6. The van der Waals surface area contributed by atoms with Crippen molar-refractivity contribution in [3.05, 3.63) is 54.1 Å². The third-order valence-electron chi connectivity index (χ3n) is 5.35. The third-order valence-corrected chi connectivity index (χ3v) is 7.12. The molecular formula is C19H22N2O2S. The summed E-state index contributed by atoms with van der Waals surface area (Å²) >= 11 is 0. The molecule has 2 aromatic carbocycles. The van der Waals surface area contributed by atoms with Crippen LogP contribution >= 0.6 is 0 Å². The molecule has 126 valence electrons. The van der Waals surface area contributed by atoms with Crippen LogP contribution in [0.15, 0.2) is 58.3 Å². The number of nitrogens with one attached hydrogen (secondary N) is 1. The second kappa shape index (κ2) is 5.90. The van der Waals surface area contributed by atoms with Gasteiger partial charge in [-0.2, -0.15) is 0 Å². The molecule has 2 aliphatic rings. The van der Waals surface area contributed by atoms with Crippen LogP contribution in [0, 0.1) is 0 Å². The summed E-state index contributed by atoms with van der Waals surface area (Å²) in [5.74, 6) is 0.408. The normalized spacial score (nSPS) is 23.5. The summed E-state index contributed by atoms with van der Waals surface area (Å²) in [5.41, 5.74) is 2.36. The van der Waals surface area contributed by atoms with Crippen LogP contribution in [0.4, 0.5) is 5.69 Å². The van der Waals surface area contributed by atoms with Crippen LogP contribution in [-0.2, 0) is 9.84 Å². The van der Waals surface area contributed by atoms with E-state index >= 15 is 0 Å². The fraction of sp³-hybridized carbons (Fsp3) is 0.368. The van der Waals surface area contributed by atoms with E-state index in [2.05, 4.69) is 17.3 Å². The number of hydrogen-bond acceptors (Lipinski definition) is 4. The summed E-state index contributed by atoms with van der Waals surface area (Å²) in [5, 5.41) is 3.45. The Balaban J connectivity index is 1.78. The van der Waals surface area contributed by atoms with Gasteiger partial charge in [-0.25, -0.2) is 8.42 Å². The summed E-state index contributed by atoms with van der Waals surface area (Å²) in [7, 11) is -1.33. The molecule has 4 nitrogen and oxygen atoms in total. The van der Waals surface area contributed by atoms with E-state index in [0.29, 0.717) is 21.8 Å². The van der Waals surface area contributed by atoms with Gasteiger partial charge in [0.25, 0.3) is 0 Å². The first kappa shape index (κ1) is 15.7. The van der Waals surface area contributed by atoms with E-state index in [1.54, 1.807) is 30.3 Å². The van der Waals surface area contributed by atoms with E-state index in [4.69, 9.17) is 0 Å². The first-order valence-corrected chi connectivity index (χ1v) is 9.95. The van der Waals surface area contributed by atoms with Crippen molar-refractivity contribution in [1.82, 2.24) is 5.32 Å². The summed E-state index contributed by atoms with van der Waals surface area (Å²) in [6.07, 6.45) is 2.15. The summed E-state index contributed by atoms with van der Waals surface area (Å²) in [6.45, 7) is 2.01. The lowest BCUT2D eigenvalue weighted by Gasteiger charge is -2.24. The highest BCUT2D eigenvalue weighted by Gasteiger charge is 2.37. The number of benzene rings is 2. The van der Waals surface area contributed by atoms with Crippen LogP contribution in [0.2, 0.25) is 0 Å². The fourth-order valence-corrected chi connectivity index (χ4v) is 5.40. The molecule has 1 N–H and O–H groups in total.